The molecule has 16 heavy (non-hydrogen) atoms. The van der Waals surface area contributed by atoms with Gasteiger partial charge in [0.1, 0.15) is 17.3 Å². The van der Waals surface area contributed by atoms with Crippen LogP contribution in [0, 0.1) is 11.3 Å². The van der Waals surface area contributed by atoms with E-state index in [4.69, 9.17) is 5.26 Å². The second-order valence-corrected chi connectivity index (χ2v) is 3.35. The Kier molecular flexibility index (Phi) is 2.52. The molecule has 0 radical (unpaired) electrons. The maximum atomic E-state index is 11.7. The van der Waals surface area contributed by atoms with E-state index in [1.54, 1.807) is 30.2 Å². The van der Waals surface area contributed by atoms with Crippen molar-refractivity contribution in [1.29, 1.82) is 5.26 Å². The van der Waals surface area contributed by atoms with Crippen molar-refractivity contribution < 1.29 is 0 Å². The predicted octanol–water partition coefficient (Wildman–Crippen LogP) is -0.103. The molecule has 2 aromatic heterocycles. The number of nitriles is 1. The second kappa shape index (κ2) is 3.98. The van der Waals surface area contributed by atoms with Crippen LogP contribution in [0.3, 0.4) is 0 Å². The summed E-state index contributed by atoms with van der Waals surface area (Å²) in [6.45, 7) is 0.322. The average molecular weight is 215 g/mol. The fourth-order valence-corrected chi connectivity index (χ4v) is 1.39. The van der Waals surface area contributed by atoms with E-state index in [9.17, 15) is 4.79 Å². The zero-order valence-electron chi connectivity index (χ0n) is 8.66. The zero-order chi connectivity index (χ0) is 11.5. The van der Waals surface area contributed by atoms with E-state index in [0.717, 1.165) is 0 Å². The maximum Gasteiger partial charge on any atom is 0.268 e. The zero-order valence-corrected chi connectivity index (χ0v) is 8.66. The van der Waals surface area contributed by atoms with Gasteiger partial charge in [0.2, 0.25) is 0 Å². The summed E-state index contributed by atoms with van der Waals surface area (Å²) >= 11 is 0. The summed E-state index contributed by atoms with van der Waals surface area (Å²) in [7, 11) is 1.75. The van der Waals surface area contributed by atoms with Crippen molar-refractivity contribution in [3.63, 3.8) is 0 Å². The quantitative estimate of drug-likeness (QED) is 0.700. The summed E-state index contributed by atoms with van der Waals surface area (Å²) in [5.41, 5.74) is 0.502. The molecule has 0 atom stereocenters. The normalized spacial score (nSPS) is 10.0. The van der Waals surface area contributed by atoms with Crippen LogP contribution >= 0.6 is 0 Å². The van der Waals surface area contributed by atoms with E-state index in [2.05, 4.69) is 10.3 Å². The molecule has 80 valence electrons. The third kappa shape index (κ3) is 1.83. The van der Waals surface area contributed by atoms with Crippen LogP contribution in [-0.2, 0) is 13.6 Å². The van der Waals surface area contributed by atoms with Crippen LogP contribution in [0.1, 0.15) is 11.3 Å². The number of pyridine rings is 1. The molecule has 0 bridgehead atoms. The number of rotatable bonds is 2. The van der Waals surface area contributed by atoms with Gasteiger partial charge in [0.15, 0.2) is 0 Å². The lowest BCUT2D eigenvalue weighted by molar-refractivity contribution is 0.705. The lowest BCUT2D eigenvalue weighted by Gasteiger charge is -2.01. The third-order valence-electron chi connectivity index (χ3n) is 2.12. The molecule has 6 nitrogen and oxygen atoms in total. The molecule has 0 spiro atoms. The maximum absolute atomic E-state index is 11.7. The van der Waals surface area contributed by atoms with Gasteiger partial charge >= 0.3 is 0 Å². The molecule has 0 aliphatic carbocycles. The van der Waals surface area contributed by atoms with Crippen molar-refractivity contribution in [3.05, 3.63) is 46.1 Å². The first-order valence-corrected chi connectivity index (χ1v) is 4.65. The van der Waals surface area contributed by atoms with Crippen LogP contribution in [0.2, 0.25) is 0 Å². The topological polar surface area (TPSA) is 76.5 Å². The smallest absolute Gasteiger partial charge is 0.268 e. The Hall–Kier alpha value is -2.42. The molecule has 0 N–H and O–H groups in total. The highest BCUT2D eigenvalue weighted by molar-refractivity contribution is 5.25. The van der Waals surface area contributed by atoms with E-state index >= 15 is 0 Å². The van der Waals surface area contributed by atoms with Crippen molar-refractivity contribution in [1.82, 2.24) is 19.6 Å². The summed E-state index contributed by atoms with van der Waals surface area (Å²) in [5.74, 6) is 0. The highest BCUT2D eigenvalue weighted by Gasteiger charge is 2.04. The first-order valence-electron chi connectivity index (χ1n) is 4.65. The van der Waals surface area contributed by atoms with Crippen molar-refractivity contribution >= 4 is 0 Å². The lowest BCUT2D eigenvalue weighted by atomic mass is 10.3. The lowest BCUT2D eigenvalue weighted by Crippen LogP contribution is -2.22. The highest BCUT2D eigenvalue weighted by Crippen LogP contribution is 1.96. The Bertz CT molecular complexity index is 604. The standard InChI is InChI=1S/C10H9N5O/c1-14-6-9(12-13-14)7-15-4-2-3-8(5-11)10(15)16/h2-4,6H,7H2,1H3. The molecule has 0 saturated carbocycles. The fraction of sp³-hybridized carbons (Fsp3) is 0.200. The summed E-state index contributed by atoms with van der Waals surface area (Å²) in [4.78, 5) is 11.7. The Labute approximate surface area is 91.4 Å². The van der Waals surface area contributed by atoms with Crippen LogP contribution in [0.5, 0.6) is 0 Å². The van der Waals surface area contributed by atoms with Gasteiger partial charge in [-0.15, -0.1) is 5.10 Å². The van der Waals surface area contributed by atoms with Gasteiger partial charge in [-0.05, 0) is 12.1 Å². The number of aryl methyl sites for hydroxylation is 1. The summed E-state index contributed by atoms with van der Waals surface area (Å²) < 4.78 is 3.00. The van der Waals surface area contributed by atoms with E-state index in [0.29, 0.717) is 12.2 Å². The summed E-state index contributed by atoms with van der Waals surface area (Å²) in [6.07, 6.45) is 3.35. The number of nitrogens with zero attached hydrogens (tertiary/aromatic N) is 5. The van der Waals surface area contributed by atoms with Crippen molar-refractivity contribution in [3.8, 4) is 6.07 Å². The third-order valence-corrected chi connectivity index (χ3v) is 2.12. The van der Waals surface area contributed by atoms with Gasteiger partial charge in [0.25, 0.3) is 5.56 Å². The average Bonchev–Trinajstić information content (AvgIpc) is 2.67. The minimum Gasteiger partial charge on any atom is -0.308 e. The fourth-order valence-electron chi connectivity index (χ4n) is 1.39. The van der Waals surface area contributed by atoms with Crippen molar-refractivity contribution in [2.24, 2.45) is 7.05 Å². The van der Waals surface area contributed by atoms with Crippen molar-refractivity contribution in [2.45, 2.75) is 6.54 Å². The monoisotopic (exact) mass is 215 g/mol. The molecule has 0 fully saturated rings. The largest absolute Gasteiger partial charge is 0.308 e. The summed E-state index contributed by atoms with van der Waals surface area (Å²) in [6, 6.07) is 5.01. The molecule has 2 rings (SSSR count). The Balaban J connectivity index is 2.36. The molecule has 2 aromatic rings. The van der Waals surface area contributed by atoms with Crippen LogP contribution in [-0.4, -0.2) is 19.6 Å². The molecular weight excluding hydrogens is 206 g/mol. The van der Waals surface area contributed by atoms with E-state index in [1.807, 2.05) is 6.07 Å². The highest BCUT2D eigenvalue weighted by atomic mass is 16.1. The van der Waals surface area contributed by atoms with E-state index in [1.165, 1.54) is 10.6 Å². The molecule has 2 heterocycles. The molecule has 0 saturated heterocycles. The van der Waals surface area contributed by atoms with Gasteiger partial charge in [-0.2, -0.15) is 5.26 Å². The number of hydrogen-bond acceptors (Lipinski definition) is 4. The Morgan fingerprint density at radius 1 is 1.56 bits per heavy atom. The molecular formula is C10H9N5O. The summed E-state index contributed by atoms with van der Waals surface area (Å²) in [5, 5.41) is 16.4. The second-order valence-electron chi connectivity index (χ2n) is 3.35. The molecule has 0 unspecified atom stereocenters. The first kappa shape index (κ1) is 10.1. The van der Waals surface area contributed by atoms with Crippen molar-refractivity contribution in [2.75, 3.05) is 0 Å². The molecule has 0 amide bonds. The van der Waals surface area contributed by atoms with Gasteiger partial charge in [0, 0.05) is 19.4 Å². The van der Waals surface area contributed by atoms with E-state index < -0.39 is 0 Å². The minimum absolute atomic E-state index is 0.131. The van der Waals surface area contributed by atoms with Gasteiger partial charge in [-0.3, -0.25) is 9.48 Å². The van der Waals surface area contributed by atoms with Gasteiger partial charge in [-0.1, -0.05) is 5.21 Å². The number of aromatic nitrogens is 4. The van der Waals surface area contributed by atoms with Crippen LogP contribution in [0.4, 0.5) is 0 Å². The van der Waals surface area contributed by atoms with E-state index in [-0.39, 0.29) is 11.1 Å². The molecule has 6 heteroatoms. The SMILES string of the molecule is Cn1cc(Cn2cccc(C#N)c2=O)nn1. The van der Waals surface area contributed by atoms with Crippen LogP contribution < -0.4 is 5.56 Å². The molecule has 0 aromatic carbocycles. The predicted molar refractivity (Wildman–Crippen MR) is 55.5 cm³/mol. The molecule has 0 aliphatic heterocycles. The first-order chi connectivity index (χ1) is 7.70. The van der Waals surface area contributed by atoms with Gasteiger partial charge in [0.05, 0.1) is 6.54 Å². The minimum atomic E-state index is -0.310. The van der Waals surface area contributed by atoms with Crippen LogP contribution in [0.25, 0.3) is 0 Å². The van der Waals surface area contributed by atoms with Gasteiger partial charge < -0.3 is 4.57 Å². The molecule has 0 aliphatic rings. The van der Waals surface area contributed by atoms with Gasteiger partial charge in [-0.25, -0.2) is 0 Å². The number of hydrogen-bond donors (Lipinski definition) is 0. The van der Waals surface area contributed by atoms with Crippen LogP contribution in [0.15, 0.2) is 29.3 Å². The Morgan fingerprint density at radius 2 is 2.38 bits per heavy atom. The Morgan fingerprint density at radius 3 is 3.00 bits per heavy atom.